The third kappa shape index (κ3) is 3.86. The van der Waals surface area contributed by atoms with Crippen molar-refractivity contribution in [2.24, 2.45) is 0 Å². The minimum atomic E-state index is -1.13. The molecule has 0 N–H and O–H groups in total. The van der Waals surface area contributed by atoms with E-state index < -0.39 is 23.7 Å². The summed E-state index contributed by atoms with van der Waals surface area (Å²) in [6.07, 6.45) is -1.25. The van der Waals surface area contributed by atoms with Crippen LogP contribution in [0.3, 0.4) is 0 Å². The molecule has 3 nitrogen and oxygen atoms in total. The molecular formula is C15H11F2NO2S. The molecule has 108 valence electrons. The Hall–Kier alpha value is -2.26. The SMILES string of the molecule is Cc1ccc(C(=O)O[C@H](C#N)Cc2ccc(F)cc2F)s1. The minimum Gasteiger partial charge on any atom is -0.442 e. The van der Waals surface area contributed by atoms with Crippen LogP contribution in [0.5, 0.6) is 0 Å². The van der Waals surface area contributed by atoms with Gasteiger partial charge in [0.05, 0.1) is 0 Å². The molecule has 0 aliphatic carbocycles. The Morgan fingerprint density at radius 1 is 1.38 bits per heavy atom. The second kappa shape index (κ2) is 6.46. The fraction of sp³-hybridized carbons (Fsp3) is 0.200. The zero-order valence-corrected chi connectivity index (χ0v) is 11.9. The van der Waals surface area contributed by atoms with Gasteiger partial charge in [0, 0.05) is 17.4 Å². The molecule has 0 saturated heterocycles. The van der Waals surface area contributed by atoms with Gasteiger partial charge >= 0.3 is 5.97 Å². The number of carbonyl (C=O) groups is 1. The average Bonchev–Trinajstić information content (AvgIpc) is 2.87. The number of rotatable bonds is 4. The fourth-order valence-electron chi connectivity index (χ4n) is 1.73. The fourth-order valence-corrected chi connectivity index (χ4v) is 2.48. The Kier molecular flexibility index (Phi) is 4.66. The van der Waals surface area contributed by atoms with E-state index >= 15 is 0 Å². The Bertz CT molecular complexity index is 706. The molecule has 1 aromatic carbocycles. The van der Waals surface area contributed by atoms with Crippen LogP contribution in [0.25, 0.3) is 0 Å². The summed E-state index contributed by atoms with van der Waals surface area (Å²) in [6, 6.07) is 8.23. The number of carbonyl (C=O) groups excluding carboxylic acids is 1. The molecule has 0 amide bonds. The molecule has 0 aliphatic rings. The first-order valence-corrected chi connectivity index (χ1v) is 6.92. The Labute approximate surface area is 124 Å². The van der Waals surface area contributed by atoms with E-state index in [9.17, 15) is 13.6 Å². The number of thiophene rings is 1. The number of benzene rings is 1. The van der Waals surface area contributed by atoms with Crippen molar-refractivity contribution in [2.75, 3.05) is 0 Å². The largest absolute Gasteiger partial charge is 0.442 e. The summed E-state index contributed by atoms with van der Waals surface area (Å²) in [5.74, 6) is -2.09. The number of nitriles is 1. The number of hydrogen-bond acceptors (Lipinski definition) is 4. The van der Waals surface area contributed by atoms with E-state index in [1.165, 1.54) is 17.4 Å². The topological polar surface area (TPSA) is 50.1 Å². The number of nitrogens with zero attached hydrogens (tertiary/aromatic N) is 1. The van der Waals surface area contributed by atoms with Crippen molar-refractivity contribution in [1.82, 2.24) is 0 Å². The molecule has 6 heteroatoms. The number of aryl methyl sites for hydroxylation is 1. The molecule has 21 heavy (non-hydrogen) atoms. The Morgan fingerprint density at radius 3 is 2.71 bits per heavy atom. The molecule has 2 aromatic rings. The lowest BCUT2D eigenvalue weighted by Gasteiger charge is -2.11. The monoisotopic (exact) mass is 307 g/mol. The van der Waals surface area contributed by atoms with Gasteiger partial charge in [-0.15, -0.1) is 11.3 Å². The third-order valence-corrected chi connectivity index (χ3v) is 3.74. The van der Waals surface area contributed by atoms with Crippen molar-refractivity contribution in [2.45, 2.75) is 19.4 Å². The van der Waals surface area contributed by atoms with Crippen molar-refractivity contribution >= 4 is 17.3 Å². The van der Waals surface area contributed by atoms with E-state index in [0.29, 0.717) is 4.88 Å². The summed E-state index contributed by atoms with van der Waals surface area (Å²) < 4.78 is 31.4. The van der Waals surface area contributed by atoms with Gasteiger partial charge in [0.15, 0.2) is 6.10 Å². The predicted octanol–water partition coefficient (Wildman–Crippen LogP) is 3.63. The normalized spacial score (nSPS) is 11.7. The summed E-state index contributed by atoms with van der Waals surface area (Å²) in [5, 5.41) is 9.01. The second-order valence-electron chi connectivity index (χ2n) is 4.37. The van der Waals surface area contributed by atoms with Gasteiger partial charge < -0.3 is 4.74 Å². The van der Waals surface area contributed by atoms with Crippen LogP contribution in [0.15, 0.2) is 30.3 Å². The highest BCUT2D eigenvalue weighted by atomic mass is 32.1. The first kappa shape index (κ1) is 15.1. The number of halogens is 2. The molecule has 1 atom stereocenters. The molecule has 0 bridgehead atoms. The van der Waals surface area contributed by atoms with Gasteiger partial charge in [-0.3, -0.25) is 0 Å². The number of hydrogen-bond donors (Lipinski definition) is 0. The van der Waals surface area contributed by atoms with Crippen molar-refractivity contribution in [1.29, 1.82) is 5.26 Å². The molecule has 0 spiro atoms. The van der Waals surface area contributed by atoms with Crippen molar-refractivity contribution in [3.63, 3.8) is 0 Å². The van der Waals surface area contributed by atoms with E-state index in [1.807, 2.05) is 6.92 Å². The van der Waals surface area contributed by atoms with Crippen LogP contribution in [-0.2, 0) is 11.2 Å². The molecule has 1 aromatic heterocycles. The number of ether oxygens (including phenoxy) is 1. The minimum absolute atomic E-state index is 0.123. The predicted molar refractivity (Wildman–Crippen MR) is 73.9 cm³/mol. The summed E-state index contributed by atoms with van der Waals surface area (Å²) >= 11 is 1.25. The van der Waals surface area contributed by atoms with Crippen LogP contribution < -0.4 is 0 Å². The van der Waals surface area contributed by atoms with E-state index in [1.54, 1.807) is 18.2 Å². The van der Waals surface area contributed by atoms with E-state index in [2.05, 4.69) is 0 Å². The van der Waals surface area contributed by atoms with E-state index in [0.717, 1.165) is 17.0 Å². The van der Waals surface area contributed by atoms with E-state index in [4.69, 9.17) is 10.00 Å². The molecule has 0 radical (unpaired) electrons. The van der Waals surface area contributed by atoms with Gasteiger partial charge in [0.1, 0.15) is 22.6 Å². The molecule has 0 fully saturated rings. The second-order valence-corrected chi connectivity index (χ2v) is 5.66. The quantitative estimate of drug-likeness (QED) is 0.811. The standard InChI is InChI=1S/C15H11F2NO2S/c1-9-2-5-14(21-9)15(19)20-12(8-18)6-10-3-4-11(16)7-13(10)17/h2-5,7,12H,6H2,1H3/t12-/m0/s1. The zero-order chi connectivity index (χ0) is 15.4. The molecule has 0 aliphatic heterocycles. The molecule has 0 unspecified atom stereocenters. The summed E-state index contributed by atoms with van der Waals surface area (Å²) in [6.45, 7) is 1.84. The van der Waals surface area contributed by atoms with Gasteiger partial charge in [-0.05, 0) is 30.7 Å². The third-order valence-electron chi connectivity index (χ3n) is 2.76. The van der Waals surface area contributed by atoms with Crippen LogP contribution in [0.2, 0.25) is 0 Å². The smallest absolute Gasteiger partial charge is 0.349 e. The van der Waals surface area contributed by atoms with Crippen molar-refractivity contribution in [3.8, 4) is 6.07 Å². The summed E-state index contributed by atoms with van der Waals surface area (Å²) in [7, 11) is 0. The molecule has 2 rings (SSSR count). The lowest BCUT2D eigenvalue weighted by molar-refractivity contribution is 0.0412. The van der Waals surface area contributed by atoms with Gasteiger partial charge in [0.2, 0.25) is 0 Å². The summed E-state index contributed by atoms with van der Waals surface area (Å²) in [5.41, 5.74) is 0.123. The van der Waals surface area contributed by atoms with Gasteiger partial charge in [-0.25, -0.2) is 13.6 Å². The van der Waals surface area contributed by atoms with Crippen LogP contribution in [0.4, 0.5) is 8.78 Å². The zero-order valence-electron chi connectivity index (χ0n) is 11.1. The number of esters is 1. The van der Waals surface area contributed by atoms with Crippen LogP contribution in [-0.4, -0.2) is 12.1 Å². The average molecular weight is 307 g/mol. The van der Waals surface area contributed by atoms with E-state index in [-0.39, 0.29) is 12.0 Å². The van der Waals surface area contributed by atoms with Crippen LogP contribution in [0.1, 0.15) is 20.1 Å². The maximum Gasteiger partial charge on any atom is 0.349 e. The highest BCUT2D eigenvalue weighted by molar-refractivity contribution is 7.13. The van der Waals surface area contributed by atoms with Crippen molar-refractivity contribution in [3.05, 3.63) is 57.3 Å². The maximum absolute atomic E-state index is 13.5. The Morgan fingerprint density at radius 2 is 2.14 bits per heavy atom. The van der Waals surface area contributed by atoms with Crippen LogP contribution >= 0.6 is 11.3 Å². The lowest BCUT2D eigenvalue weighted by atomic mass is 10.1. The Balaban J connectivity index is 2.07. The highest BCUT2D eigenvalue weighted by Gasteiger charge is 2.19. The first-order chi connectivity index (χ1) is 9.99. The van der Waals surface area contributed by atoms with Gasteiger partial charge in [-0.2, -0.15) is 5.26 Å². The molecule has 1 heterocycles. The summed E-state index contributed by atoms with van der Waals surface area (Å²) in [4.78, 5) is 13.2. The van der Waals surface area contributed by atoms with Crippen molar-refractivity contribution < 1.29 is 18.3 Å². The molecular weight excluding hydrogens is 296 g/mol. The van der Waals surface area contributed by atoms with Gasteiger partial charge in [0.25, 0.3) is 0 Å². The first-order valence-electron chi connectivity index (χ1n) is 6.10. The van der Waals surface area contributed by atoms with Crippen LogP contribution in [0, 0.1) is 29.9 Å². The maximum atomic E-state index is 13.5. The lowest BCUT2D eigenvalue weighted by Crippen LogP contribution is -2.19. The van der Waals surface area contributed by atoms with Gasteiger partial charge in [-0.1, -0.05) is 6.07 Å². The highest BCUT2D eigenvalue weighted by Crippen LogP contribution is 2.18. The molecule has 0 saturated carbocycles.